The summed E-state index contributed by atoms with van der Waals surface area (Å²) in [5.41, 5.74) is 7.47. The van der Waals surface area contributed by atoms with Crippen molar-refractivity contribution in [2.75, 3.05) is 81.7 Å². The van der Waals surface area contributed by atoms with Gasteiger partial charge in [0.05, 0.1) is 13.2 Å². The van der Waals surface area contributed by atoms with E-state index in [9.17, 15) is 0 Å². The quantitative estimate of drug-likeness (QED) is 0.134. The summed E-state index contributed by atoms with van der Waals surface area (Å²) in [7, 11) is 12.8. The molecule has 9 nitrogen and oxygen atoms in total. The first-order valence-electron chi connectivity index (χ1n) is 19.3. The van der Waals surface area contributed by atoms with Crippen LogP contribution in [-0.4, -0.2) is 101 Å². The molecule has 0 fully saturated rings. The molecule has 280 valence electrons. The summed E-state index contributed by atoms with van der Waals surface area (Å²) < 4.78 is 33.5. The summed E-state index contributed by atoms with van der Waals surface area (Å²) in [6.07, 6.45) is 5.38. The molecule has 0 N–H and O–H groups in total. The fourth-order valence-corrected chi connectivity index (χ4v) is 8.24. The van der Waals surface area contributed by atoms with Crippen molar-refractivity contribution in [2.45, 2.75) is 50.6 Å². The molecule has 9 rings (SSSR count). The average molecular weight is 719 g/mol. The van der Waals surface area contributed by atoms with Gasteiger partial charge in [-0.25, -0.2) is 0 Å². The minimum Gasteiger partial charge on any atom is -0.490 e. The van der Waals surface area contributed by atoms with Crippen molar-refractivity contribution in [1.29, 1.82) is 0 Å². The average Bonchev–Trinajstić information content (AvgIpc) is 3.13. The molecule has 0 radical (unpaired) electrons. The van der Waals surface area contributed by atoms with Crippen LogP contribution < -0.4 is 23.7 Å². The first-order valence-corrected chi connectivity index (χ1v) is 19.3. The number of hydrogen-bond acceptors (Lipinski definition) is 9. The zero-order valence-electron chi connectivity index (χ0n) is 32.2. The summed E-state index contributed by atoms with van der Waals surface area (Å²) in [5, 5.41) is 0. The van der Waals surface area contributed by atoms with Gasteiger partial charge in [0, 0.05) is 43.8 Å². The van der Waals surface area contributed by atoms with Crippen molar-refractivity contribution in [3.8, 4) is 46.0 Å². The van der Waals surface area contributed by atoms with E-state index >= 15 is 0 Å². The van der Waals surface area contributed by atoms with Gasteiger partial charge in [0.2, 0.25) is 5.75 Å². The first-order chi connectivity index (χ1) is 25.7. The number of rotatable bonds is 10. The third kappa shape index (κ3) is 7.58. The molecule has 0 aliphatic carbocycles. The van der Waals surface area contributed by atoms with Crippen LogP contribution in [0, 0.1) is 0 Å². The number of fused-ring (bicyclic) bond motifs is 2. The van der Waals surface area contributed by atoms with E-state index < -0.39 is 0 Å². The van der Waals surface area contributed by atoms with Crippen LogP contribution in [-0.2, 0) is 25.7 Å². The SMILES string of the molecule is CN(C)CCCOc1ccc2cc1Oc1ccc(cc1)C[C@H]1c3c(cc(OCCCN(C)C)c4c3Oc3cc5c(cc3O4)CCN(C)[C@H]5C2)CCN1C. The molecule has 5 heterocycles. The number of hydrogen-bond donors (Lipinski definition) is 0. The topological polar surface area (TPSA) is 59.1 Å². The number of benzene rings is 4. The summed E-state index contributed by atoms with van der Waals surface area (Å²) in [6.45, 7) is 5.08. The van der Waals surface area contributed by atoms with Gasteiger partial charge >= 0.3 is 0 Å². The van der Waals surface area contributed by atoms with Crippen molar-refractivity contribution < 1.29 is 23.7 Å². The molecule has 53 heavy (non-hydrogen) atoms. The molecule has 0 saturated carbocycles. The van der Waals surface area contributed by atoms with Crippen molar-refractivity contribution in [3.63, 3.8) is 0 Å². The maximum atomic E-state index is 7.08. The second-order valence-corrected chi connectivity index (χ2v) is 15.7. The number of ether oxygens (including phenoxy) is 5. The van der Waals surface area contributed by atoms with Gasteiger partial charge in [0.25, 0.3) is 0 Å². The van der Waals surface area contributed by atoms with Gasteiger partial charge < -0.3 is 33.5 Å². The summed E-state index contributed by atoms with van der Waals surface area (Å²) in [6, 6.07) is 21.9. The van der Waals surface area contributed by atoms with Gasteiger partial charge in [-0.15, -0.1) is 0 Å². The first kappa shape index (κ1) is 35.7. The van der Waals surface area contributed by atoms with Crippen molar-refractivity contribution in [2.24, 2.45) is 0 Å². The Morgan fingerprint density at radius 2 is 1.25 bits per heavy atom. The molecular weight excluding hydrogens is 665 g/mol. The summed E-state index contributed by atoms with van der Waals surface area (Å²) in [4.78, 5) is 9.28. The lowest BCUT2D eigenvalue weighted by Crippen LogP contribution is -2.34. The Labute approximate surface area is 314 Å². The summed E-state index contributed by atoms with van der Waals surface area (Å²) >= 11 is 0. The molecule has 0 saturated heterocycles. The Balaban J connectivity index is 1.22. The highest BCUT2D eigenvalue weighted by Crippen LogP contribution is 2.57. The van der Waals surface area contributed by atoms with E-state index in [1.807, 2.05) is 0 Å². The molecule has 0 amide bonds. The predicted molar refractivity (Wildman–Crippen MR) is 209 cm³/mol. The maximum absolute atomic E-state index is 7.08. The molecule has 4 aromatic carbocycles. The molecule has 4 aromatic rings. The molecule has 7 bridgehead atoms. The van der Waals surface area contributed by atoms with Crippen LogP contribution in [0.4, 0.5) is 0 Å². The van der Waals surface area contributed by atoms with Crippen molar-refractivity contribution >= 4 is 0 Å². The molecule has 0 spiro atoms. The molecule has 0 aromatic heterocycles. The molecule has 9 heteroatoms. The molecule has 5 aliphatic rings. The molecule has 0 unspecified atom stereocenters. The minimum atomic E-state index is 0.0986. The number of nitrogens with zero attached hydrogens (tertiary/aromatic N) is 4. The van der Waals surface area contributed by atoms with Gasteiger partial charge in [0.15, 0.2) is 34.5 Å². The normalized spacial score (nSPS) is 19.0. The Bertz CT molecular complexity index is 1940. The fourth-order valence-electron chi connectivity index (χ4n) is 8.24. The van der Waals surface area contributed by atoms with E-state index in [1.165, 1.54) is 33.4 Å². The van der Waals surface area contributed by atoms with Crippen LogP contribution in [0.3, 0.4) is 0 Å². The fraction of sp³-hybridized carbons (Fsp3) is 0.455. The van der Waals surface area contributed by atoms with Crippen molar-refractivity contribution in [3.05, 3.63) is 94.0 Å². The second-order valence-electron chi connectivity index (χ2n) is 15.7. The van der Waals surface area contributed by atoms with E-state index in [0.717, 1.165) is 105 Å². The Kier molecular flexibility index (Phi) is 10.3. The van der Waals surface area contributed by atoms with Gasteiger partial charge in [-0.1, -0.05) is 18.2 Å². The van der Waals surface area contributed by atoms with Gasteiger partial charge in [-0.05, 0) is 151 Å². The van der Waals surface area contributed by atoms with E-state index in [2.05, 4.69) is 123 Å². The maximum Gasteiger partial charge on any atom is 0.212 e. The largest absolute Gasteiger partial charge is 0.490 e. The van der Waals surface area contributed by atoms with Crippen LogP contribution in [0.15, 0.2) is 60.7 Å². The molecule has 2 atom stereocenters. The lowest BCUT2D eigenvalue weighted by atomic mass is 9.86. The van der Waals surface area contributed by atoms with Crippen molar-refractivity contribution in [1.82, 2.24) is 19.6 Å². The molecular formula is C44H54N4O5. The summed E-state index contributed by atoms with van der Waals surface area (Å²) in [5.74, 6) is 6.10. The van der Waals surface area contributed by atoms with Crippen LogP contribution in [0.25, 0.3) is 0 Å². The zero-order chi connectivity index (χ0) is 36.6. The second kappa shape index (κ2) is 15.2. The Morgan fingerprint density at radius 3 is 1.98 bits per heavy atom. The van der Waals surface area contributed by atoms with Crippen LogP contribution >= 0.6 is 0 Å². The highest BCUT2D eigenvalue weighted by Gasteiger charge is 2.37. The van der Waals surface area contributed by atoms with Crippen LogP contribution in [0.5, 0.6) is 46.0 Å². The zero-order valence-corrected chi connectivity index (χ0v) is 32.2. The van der Waals surface area contributed by atoms with Crippen LogP contribution in [0.1, 0.15) is 58.3 Å². The Hall–Kier alpha value is -4.28. The van der Waals surface area contributed by atoms with E-state index in [4.69, 9.17) is 23.7 Å². The molecule has 5 aliphatic heterocycles. The van der Waals surface area contributed by atoms with E-state index in [-0.39, 0.29) is 12.1 Å². The Morgan fingerprint density at radius 1 is 0.623 bits per heavy atom. The van der Waals surface area contributed by atoms with E-state index in [1.54, 1.807) is 0 Å². The lowest BCUT2D eigenvalue weighted by molar-refractivity contribution is 0.216. The third-order valence-electron chi connectivity index (χ3n) is 11.2. The van der Waals surface area contributed by atoms with Gasteiger partial charge in [-0.3, -0.25) is 9.80 Å². The minimum absolute atomic E-state index is 0.0986. The van der Waals surface area contributed by atoms with Gasteiger partial charge in [-0.2, -0.15) is 0 Å². The predicted octanol–water partition coefficient (Wildman–Crippen LogP) is 7.89. The van der Waals surface area contributed by atoms with E-state index in [0.29, 0.717) is 19.0 Å². The highest BCUT2D eigenvalue weighted by molar-refractivity contribution is 5.67. The lowest BCUT2D eigenvalue weighted by Gasteiger charge is -2.39. The number of likely N-dealkylation sites (N-methyl/N-ethyl adjacent to an activating group) is 2. The smallest absolute Gasteiger partial charge is 0.212 e. The highest BCUT2D eigenvalue weighted by atomic mass is 16.6. The van der Waals surface area contributed by atoms with Gasteiger partial charge in [0.1, 0.15) is 5.75 Å². The standard InChI is InChI=1S/C44H54N4O5/c1-45(2)17-7-21-49-37-14-11-30-24-35-34-28-40-39(26-31(34)15-19-47(35)5)52-43-41(50-22-8-18-46(3)4)27-32-16-20-48(6)36(42(32)44(43)53-40)23-29-9-12-33(13-10-29)51-38(37)25-30/h9-14,25-28,35-36H,7-8,15-24H2,1-6H3/t35-,36-/m0/s1. The van der Waals surface area contributed by atoms with Crippen LogP contribution in [0.2, 0.25) is 0 Å². The third-order valence-corrected chi connectivity index (χ3v) is 11.2. The monoisotopic (exact) mass is 718 g/mol.